The molecular formula is C19H16N2O4. The third-order valence-electron chi connectivity index (χ3n) is 4.30. The number of carbonyl (C=O) groups is 3. The normalized spacial score (nSPS) is 13.0. The monoisotopic (exact) mass is 336 g/mol. The minimum absolute atomic E-state index is 0. The second-order valence-corrected chi connectivity index (χ2v) is 5.88. The number of benzene rings is 2. The smallest absolute Gasteiger partial charge is 0.339 e. The molecular weight excluding hydrogens is 320 g/mol. The van der Waals surface area contributed by atoms with Gasteiger partial charge in [-0.3, -0.25) is 14.9 Å². The number of aryl methyl sites for hydroxylation is 1. The molecule has 6 nitrogen and oxygen atoms in total. The third kappa shape index (κ3) is 2.39. The summed E-state index contributed by atoms with van der Waals surface area (Å²) in [4.78, 5) is 36.9. The molecule has 25 heavy (non-hydrogen) atoms. The Morgan fingerprint density at radius 1 is 1.12 bits per heavy atom. The Morgan fingerprint density at radius 3 is 2.60 bits per heavy atom. The minimum Gasteiger partial charge on any atom is -0.457 e. The quantitative estimate of drug-likeness (QED) is 0.589. The van der Waals surface area contributed by atoms with Crippen molar-refractivity contribution in [3.05, 3.63) is 70.9 Å². The van der Waals surface area contributed by atoms with E-state index < -0.39 is 17.8 Å². The molecule has 0 saturated heterocycles. The number of nitrogens with zero attached hydrogens (tertiary/aromatic N) is 1. The van der Waals surface area contributed by atoms with Crippen LogP contribution in [-0.2, 0) is 18.4 Å². The van der Waals surface area contributed by atoms with Gasteiger partial charge in [0.1, 0.15) is 6.61 Å². The van der Waals surface area contributed by atoms with Gasteiger partial charge in [0.05, 0.1) is 16.7 Å². The van der Waals surface area contributed by atoms with Crippen molar-refractivity contribution in [1.82, 2.24) is 9.88 Å². The first-order valence-corrected chi connectivity index (χ1v) is 7.75. The summed E-state index contributed by atoms with van der Waals surface area (Å²) in [6.45, 7) is 0.0924. The number of nitrogens with one attached hydrogen (secondary N) is 1. The Bertz CT molecular complexity index is 1040. The summed E-state index contributed by atoms with van der Waals surface area (Å²) in [6.07, 6.45) is 1.78. The van der Waals surface area contributed by atoms with Gasteiger partial charge in [-0.2, -0.15) is 0 Å². The van der Waals surface area contributed by atoms with E-state index in [4.69, 9.17) is 4.74 Å². The lowest BCUT2D eigenvalue weighted by Crippen LogP contribution is -2.21. The molecule has 6 heteroatoms. The van der Waals surface area contributed by atoms with E-state index in [-0.39, 0.29) is 24.7 Å². The third-order valence-corrected chi connectivity index (χ3v) is 4.30. The van der Waals surface area contributed by atoms with Crippen LogP contribution < -0.4 is 5.32 Å². The zero-order valence-corrected chi connectivity index (χ0v) is 13.4. The maximum Gasteiger partial charge on any atom is 0.339 e. The fourth-order valence-electron chi connectivity index (χ4n) is 3.07. The summed E-state index contributed by atoms with van der Waals surface area (Å²) < 4.78 is 7.14. The van der Waals surface area contributed by atoms with Crippen LogP contribution in [0.5, 0.6) is 0 Å². The number of amides is 2. The number of hydrogen-bond acceptors (Lipinski definition) is 4. The van der Waals surface area contributed by atoms with Crippen molar-refractivity contribution < 1.29 is 20.5 Å². The van der Waals surface area contributed by atoms with Crippen molar-refractivity contribution in [2.24, 2.45) is 7.05 Å². The Morgan fingerprint density at radius 2 is 1.84 bits per heavy atom. The SMILES string of the molecule is Cn1ccc2c3c(c(C(=O)OCc4ccccc4)cc21)C(=O)NC3=O.[HH]. The molecule has 0 saturated carbocycles. The van der Waals surface area contributed by atoms with Gasteiger partial charge in [-0.25, -0.2) is 4.79 Å². The summed E-state index contributed by atoms with van der Waals surface area (Å²) in [5, 5.41) is 2.90. The fourth-order valence-corrected chi connectivity index (χ4v) is 3.07. The van der Waals surface area contributed by atoms with Crippen molar-refractivity contribution in [2.75, 3.05) is 0 Å². The lowest BCUT2D eigenvalue weighted by atomic mass is 9.99. The van der Waals surface area contributed by atoms with Gasteiger partial charge in [0.25, 0.3) is 11.8 Å². The van der Waals surface area contributed by atoms with Crippen molar-refractivity contribution in [2.45, 2.75) is 6.61 Å². The molecule has 0 bridgehead atoms. The number of ether oxygens (including phenoxy) is 1. The van der Waals surface area contributed by atoms with Crippen molar-refractivity contribution in [3.63, 3.8) is 0 Å². The molecule has 1 aliphatic heterocycles. The first kappa shape index (κ1) is 15.1. The van der Waals surface area contributed by atoms with Crippen LogP contribution in [-0.4, -0.2) is 22.4 Å². The van der Waals surface area contributed by atoms with Crippen molar-refractivity contribution in [3.8, 4) is 0 Å². The van der Waals surface area contributed by atoms with Crippen LogP contribution in [0.4, 0.5) is 0 Å². The van der Waals surface area contributed by atoms with E-state index in [1.807, 2.05) is 37.4 Å². The number of esters is 1. The molecule has 3 aromatic rings. The summed E-state index contributed by atoms with van der Waals surface area (Å²) in [5.74, 6) is -1.70. The largest absolute Gasteiger partial charge is 0.457 e. The Hall–Kier alpha value is -3.41. The van der Waals surface area contributed by atoms with Gasteiger partial charge in [-0.1, -0.05) is 30.3 Å². The molecule has 1 aliphatic rings. The van der Waals surface area contributed by atoms with Crippen LogP contribution >= 0.6 is 0 Å². The molecule has 4 rings (SSSR count). The molecule has 126 valence electrons. The number of aromatic nitrogens is 1. The Labute approximate surface area is 144 Å². The average Bonchev–Trinajstić information content (AvgIpc) is 3.13. The lowest BCUT2D eigenvalue weighted by molar-refractivity contribution is 0.0469. The maximum absolute atomic E-state index is 12.6. The summed E-state index contributed by atoms with van der Waals surface area (Å²) >= 11 is 0. The van der Waals surface area contributed by atoms with E-state index in [0.717, 1.165) is 5.56 Å². The van der Waals surface area contributed by atoms with Crippen LogP contribution in [0.1, 0.15) is 38.1 Å². The Kier molecular flexibility index (Phi) is 3.39. The average molecular weight is 336 g/mol. The van der Waals surface area contributed by atoms with Crippen LogP contribution in [0.2, 0.25) is 0 Å². The maximum atomic E-state index is 12.6. The highest BCUT2D eigenvalue weighted by molar-refractivity contribution is 6.29. The van der Waals surface area contributed by atoms with Gasteiger partial charge < -0.3 is 9.30 Å². The number of rotatable bonds is 3. The zero-order valence-electron chi connectivity index (χ0n) is 13.4. The predicted molar refractivity (Wildman–Crippen MR) is 92.4 cm³/mol. The second kappa shape index (κ2) is 5.59. The molecule has 0 radical (unpaired) electrons. The first-order valence-electron chi connectivity index (χ1n) is 7.75. The molecule has 0 aliphatic carbocycles. The van der Waals surface area contributed by atoms with E-state index in [1.54, 1.807) is 22.9 Å². The molecule has 1 aromatic heterocycles. The molecule has 0 fully saturated rings. The molecule has 2 aromatic carbocycles. The lowest BCUT2D eigenvalue weighted by Gasteiger charge is -2.09. The highest BCUT2D eigenvalue weighted by Gasteiger charge is 2.35. The number of hydrogen-bond donors (Lipinski definition) is 1. The highest BCUT2D eigenvalue weighted by Crippen LogP contribution is 2.30. The molecule has 1 N–H and O–H groups in total. The summed E-state index contributed by atoms with van der Waals surface area (Å²) in [6, 6.07) is 12.6. The number of carbonyl (C=O) groups excluding carboxylic acids is 3. The molecule has 0 unspecified atom stereocenters. The van der Waals surface area contributed by atoms with Crippen LogP contribution in [0.25, 0.3) is 10.9 Å². The van der Waals surface area contributed by atoms with Gasteiger partial charge in [0.2, 0.25) is 0 Å². The van der Waals surface area contributed by atoms with Gasteiger partial charge in [-0.05, 0) is 17.7 Å². The van der Waals surface area contributed by atoms with Gasteiger partial charge in [-0.15, -0.1) is 0 Å². The van der Waals surface area contributed by atoms with E-state index in [2.05, 4.69) is 5.32 Å². The molecule has 2 amide bonds. The van der Waals surface area contributed by atoms with Crippen LogP contribution in [0, 0.1) is 0 Å². The minimum atomic E-state index is -0.631. The fraction of sp³-hybridized carbons (Fsp3) is 0.105. The van der Waals surface area contributed by atoms with E-state index >= 15 is 0 Å². The number of imide groups is 1. The molecule has 2 heterocycles. The van der Waals surface area contributed by atoms with Crippen LogP contribution in [0.15, 0.2) is 48.7 Å². The predicted octanol–water partition coefficient (Wildman–Crippen LogP) is 2.66. The van der Waals surface area contributed by atoms with E-state index in [1.165, 1.54) is 0 Å². The van der Waals surface area contributed by atoms with Crippen molar-refractivity contribution in [1.29, 1.82) is 0 Å². The van der Waals surface area contributed by atoms with E-state index in [0.29, 0.717) is 10.9 Å². The summed E-state index contributed by atoms with van der Waals surface area (Å²) in [5.41, 5.74) is 1.95. The second-order valence-electron chi connectivity index (χ2n) is 5.88. The van der Waals surface area contributed by atoms with Gasteiger partial charge in [0.15, 0.2) is 0 Å². The number of fused-ring (bicyclic) bond motifs is 3. The van der Waals surface area contributed by atoms with Gasteiger partial charge in [0, 0.05) is 25.6 Å². The zero-order chi connectivity index (χ0) is 17.6. The van der Waals surface area contributed by atoms with E-state index in [9.17, 15) is 14.4 Å². The Balaban J connectivity index is 0.00000196. The molecule has 0 atom stereocenters. The first-order chi connectivity index (χ1) is 12.1. The topological polar surface area (TPSA) is 77.4 Å². The van der Waals surface area contributed by atoms with Crippen LogP contribution in [0.3, 0.4) is 0 Å². The summed E-state index contributed by atoms with van der Waals surface area (Å²) in [7, 11) is 1.81. The highest BCUT2D eigenvalue weighted by atomic mass is 16.5. The van der Waals surface area contributed by atoms with Gasteiger partial charge >= 0.3 is 5.97 Å². The van der Waals surface area contributed by atoms with Crippen molar-refractivity contribution >= 4 is 28.7 Å². The molecule has 0 spiro atoms. The standard InChI is InChI=1S/C19H14N2O4.H2/c1-21-8-7-12-14(21)9-13(16-15(12)17(22)20-18(16)23)19(24)25-10-11-5-3-2-4-6-11;/h2-9H,10H2,1H3,(H,20,22,23);1H.